The monoisotopic (exact) mass is 350 g/mol. The zero-order valence-corrected chi connectivity index (χ0v) is 15.1. The summed E-state index contributed by atoms with van der Waals surface area (Å²) in [5.74, 6) is 1.60. The summed E-state index contributed by atoms with van der Waals surface area (Å²) in [4.78, 5) is 2.42. The molecule has 0 aliphatic carbocycles. The van der Waals surface area contributed by atoms with Crippen molar-refractivity contribution in [3.05, 3.63) is 54.1 Å². The van der Waals surface area contributed by atoms with Gasteiger partial charge in [0.1, 0.15) is 11.5 Å². The molecule has 4 nitrogen and oxygen atoms in total. The van der Waals surface area contributed by atoms with E-state index in [1.165, 1.54) is 6.42 Å². The molecule has 1 aliphatic rings. The van der Waals surface area contributed by atoms with E-state index >= 15 is 0 Å². The number of hydrogen-bond acceptors (Lipinski definition) is 4. The highest BCUT2D eigenvalue weighted by Gasteiger charge is 2.24. The second kappa shape index (κ2) is 9.26. The molecule has 0 saturated carbocycles. The lowest BCUT2D eigenvalue weighted by Gasteiger charge is -2.39. The summed E-state index contributed by atoms with van der Waals surface area (Å²) >= 11 is 0. The molecule has 3 rings (SSSR count). The average Bonchev–Trinajstić information content (AvgIpc) is 2.69. The Kier molecular flexibility index (Phi) is 6.51. The molecule has 1 unspecified atom stereocenters. The van der Waals surface area contributed by atoms with Gasteiger partial charge in [-0.2, -0.15) is 5.26 Å². The van der Waals surface area contributed by atoms with Crippen molar-refractivity contribution < 1.29 is 9.84 Å². The number of benzene rings is 2. The van der Waals surface area contributed by atoms with Gasteiger partial charge in [0.25, 0.3) is 0 Å². The quantitative estimate of drug-likeness (QED) is 0.788. The summed E-state index contributed by atoms with van der Waals surface area (Å²) in [5, 5.41) is 18.4. The van der Waals surface area contributed by atoms with Crippen LogP contribution in [0, 0.1) is 11.3 Å². The second-order valence-corrected chi connectivity index (χ2v) is 6.75. The van der Waals surface area contributed by atoms with Gasteiger partial charge in [-0.1, -0.05) is 24.3 Å². The van der Waals surface area contributed by atoms with Gasteiger partial charge in [-0.05, 0) is 55.9 Å². The zero-order valence-electron chi connectivity index (χ0n) is 15.1. The first kappa shape index (κ1) is 18.3. The van der Waals surface area contributed by atoms with Gasteiger partial charge in [-0.15, -0.1) is 0 Å². The fraction of sp³-hybridized carbons (Fsp3) is 0.409. The number of para-hydroxylation sites is 1. The zero-order chi connectivity index (χ0) is 18.2. The van der Waals surface area contributed by atoms with E-state index in [4.69, 9.17) is 4.74 Å². The molecule has 0 bridgehead atoms. The van der Waals surface area contributed by atoms with E-state index in [0.29, 0.717) is 12.5 Å². The third kappa shape index (κ3) is 4.56. The highest BCUT2D eigenvalue weighted by atomic mass is 16.5. The summed E-state index contributed by atoms with van der Waals surface area (Å²) < 4.78 is 6.01. The number of anilines is 1. The van der Waals surface area contributed by atoms with Crippen LogP contribution in [-0.2, 0) is 6.42 Å². The van der Waals surface area contributed by atoms with E-state index in [2.05, 4.69) is 17.0 Å². The third-order valence-corrected chi connectivity index (χ3v) is 4.94. The van der Waals surface area contributed by atoms with Gasteiger partial charge < -0.3 is 14.7 Å². The first-order valence-corrected chi connectivity index (χ1v) is 9.42. The molecule has 1 atom stereocenters. The van der Waals surface area contributed by atoms with Crippen LogP contribution in [0.15, 0.2) is 48.5 Å². The number of nitrogens with zero attached hydrogens (tertiary/aromatic N) is 2. The van der Waals surface area contributed by atoms with E-state index in [1.54, 1.807) is 0 Å². The predicted octanol–water partition coefficient (Wildman–Crippen LogP) is 4.68. The number of ether oxygens (including phenoxy) is 1. The molecule has 26 heavy (non-hydrogen) atoms. The minimum absolute atomic E-state index is 0.229. The molecule has 1 fully saturated rings. The highest BCUT2D eigenvalue weighted by Crippen LogP contribution is 2.34. The van der Waals surface area contributed by atoms with Crippen LogP contribution in [0.25, 0.3) is 0 Å². The lowest BCUT2D eigenvalue weighted by molar-refractivity contribution is 0.273. The Bertz CT molecular complexity index is 740. The van der Waals surface area contributed by atoms with Gasteiger partial charge in [0.2, 0.25) is 0 Å². The highest BCUT2D eigenvalue weighted by molar-refractivity contribution is 5.59. The van der Waals surface area contributed by atoms with Crippen LogP contribution in [-0.4, -0.2) is 24.3 Å². The smallest absolute Gasteiger partial charge is 0.129 e. The van der Waals surface area contributed by atoms with Gasteiger partial charge in [0, 0.05) is 30.9 Å². The molecule has 4 heteroatoms. The van der Waals surface area contributed by atoms with Crippen LogP contribution in [0.5, 0.6) is 11.5 Å². The Morgan fingerprint density at radius 1 is 1.12 bits per heavy atom. The van der Waals surface area contributed by atoms with Gasteiger partial charge in [-0.3, -0.25) is 0 Å². The first-order valence-electron chi connectivity index (χ1n) is 9.42. The largest absolute Gasteiger partial charge is 0.457 e. The minimum Gasteiger partial charge on any atom is -0.457 e. The molecule has 1 N–H and O–H groups in total. The van der Waals surface area contributed by atoms with E-state index in [1.807, 2.05) is 42.5 Å². The normalized spacial score (nSPS) is 16.9. The lowest BCUT2D eigenvalue weighted by atomic mass is 9.95. The van der Waals surface area contributed by atoms with Crippen molar-refractivity contribution in [2.24, 2.45) is 0 Å². The van der Waals surface area contributed by atoms with Crippen molar-refractivity contribution in [2.75, 3.05) is 18.1 Å². The second-order valence-electron chi connectivity index (χ2n) is 6.75. The maximum Gasteiger partial charge on any atom is 0.129 e. The third-order valence-electron chi connectivity index (χ3n) is 4.94. The number of piperidine rings is 1. The predicted molar refractivity (Wildman–Crippen MR) is 104 cm³/mol. The molecule has 0 spiro atoms. The Balaban J connectivity index is 1.89. The average molecular weight is 350 g/mol. The summed E-state index contributed by atoms with van der Waals surface area (Å²) in [6, 6.07) is 18.5. The summed E-state index contributed by atoms with van der Waals surface area (Å²) in [5.41, 5.74) is 2.14. The number of nitriles is 1. The molecular formula is C22H26N2O2. The van der Waals surface area contributed by atoms with Gasteiger partial charge in [-0.25, -0.2) is 0 Å². The number of aliphatic hydroxyl groups is 1. The fourth-order valence-electron chi connectivity index (χ4n) is 3.68. The van der Waals surface area contributed by atoms with Crippen LogP contribution >= 0.6 is 0 Å². The molecule has 0 aromatic heterocycles. The van der Waals surface area contributed by atoms with Crippen LogP contribution in [0.1, 0.15) is 37.7 Å². The van der Waals surface area contributed by atoms with Gasteiger partial charge >= 0.3 is 0 Å². The Labute approximate surface area is 155 Å². The van der Waals surface area contributed by atoms with Crippen LogP contribution in [0.4, 0.5) is 5.69 Å². The number of aliphatic hydroxyl groups excluding tert-OH is 1. The van der Waals surface area contributed by atoms with Crippen molar-refractivity contribution in [2.45, 2.75) is 44.6 Å². The van der Waals surface area contributed by atoms with E-state index in [-0.39, 0.29) is 6.61 Å². The number of rotatable bonds is 7. The molecule has 2 aromatic rings. The molecule has 1 heterocycles. The standard InChI is InChI=1S/C22H26N2O2/c23-14-13-18-11-12-21(26-20-9-2-1-3-10-20)17-22(18)24-15-5-4-7-19(24)8-6-16-25/h1-3,9-12,17,19,25H,4-8,13,15-16H2. The van der Waals surface area contributed by atoms with E-state index < -0.39 is 0 Å². The van der Waals surface area contributed by atoms with Crippen molar-refractivity contribution in [3.63, 3.8) is 0 Å². The summed E-state index contributed by atoms with van der Waals surface area (Å²) in [6.45, 7) is 1.22. The maximum atomic E-state index is 9.22. The van der Waals surface area contributed by atoms with Crippen LogP contribution < -0.4 is 9.64 Å². The van der Waals surface area contributed by atoms with Crippen molar-refractivity contribution in [1.82, 2.24) is 0 Å². The SMILES string of the molecule is N#CCc1ccc(Oc2ccccc2)cc1N1CCCCC1CCCO. The van der Waals surface area contributed by atoms with E-state index in [0.717, 1.165) is 55.0 Å². The van der Waals surface area contributed by atoms with Crippen molar-refractivity contribution in [3.8, 4) is 17.6 Å². The number of hydrogen-bond donors (Lipinski definition) is 1. The summed E-state index contributed by atoms with van der Waals surface area (Å²) in [7, 11) is 0. The maximum absolute atomic E-state index is 9.22. The first-order chi connectivity index (χ1) is 12.8. The Morgan fingerprint density at radius 2 is 1.96 bits per heavy atom. The van der Waals surface area contributed by atoms with Crippen molar-refractivity contribution in [1.29, 1.82) is 5.26 Å². The minimum atomic E-state index is 0.229. The molecule has 1 aliphatic heterocycles. The van der Waals surface area contributed by atoms with Crippen molar-refractivity contribution >= 4 is 5.69 Å². The fourth-order valence-corrected chi connectivity index (χ4v) is 3.68. The van der Waals surface area contributed by atoms with Crippen LogP contribution in [0.2, 0.25) is 0 Å². The lowest BCUT2D eigenvalue weighted by Crippen LogP contribution is -2.40. The van der Waals surface area contributed by atoms with Gasteiger partial charge in [0.15, 0.2) is 0 Å². The molecule has 0 amide bonds. The topological polar surface area (TPSA) is 56.5 Å². The molecule has 0 radical (unpaired) electrons. The van der Waals surface area contributed by atoms with Crippen LogP contribution in [0.3, 0.4) is 0 Å². The Hall–Kier alpha value is -2.51. The molecule has 2 aromatic carbocycles. The Morgan fingerprint density at radius 3 is 2.73 bits per heavy atom. The van der Waals surface area contributed by atoms with E-state index in [9.17, 15) is 10.4 Å². The molecular weight excluding hydrogens is 324 g/mol. The summed E-state index contributed by atoms with van der Waals surface area (Å²) in [6.07, 6.45) is 5.70. The molecule has 1 saturated heterocycles. The van der Waals surface area contributed by atoms with Gasteiger partial charge in [0.05, 0.1) is 12.5 Å². The molecule has 136 valence electrons.